The second-order valence-corrected chi connectivity index (χ2v) is 4.51. The number of rotatable bonds is 5. The van der Waals surface area contributed by atoms with Crippen LogP contribution in [-0.2, 0) is 9.53 Å². The summed E-state index contributed by atoms with van der Waals surface area (Å²) in [5.74, 6) is -0.408. The van der Waals surface area contributed by atoms with Gasteiger partial charge in [0, 0.05) is 6.92 Å². The summed E-state index contributed by atoms with van der Waals surface area (Å²) in [4.78, 5) is 23.0. The maximum atomic E-state index is 11.7. The minimum Gasteiger partial charge on any atom is -0.489 e. The number of carbonyl (C=O) groups is 2. The Balaban J connectivity index is 3.24. The van der Waals surface area contributed by atoms with Crippen molar-refractivity contribution in [3.8, 4) is 5.75 Å². The summed E-state index contributed by atoms with van der Waals surface area (Å²) in [7, 11) is 0. The molecule has 0 aliphatic carbocycles. The predicted octanol–water partition coefficient (Wildman–Crippen LogP) is 2.19. The van der Waals surface area contributed by atoms with Crippen LogP contribution in [0.5, 0.6) is 5.75 Å². The number of nitrogen functional groups attached to an aromatic ring is 1. The highest BCUT2D eigenvalue weighted by Crippen LogP contribution is 2.33. The molecule has 0 heterocycles. The zero-order valence-electron chi connectivity index (χ0n) is 12.1. The summed E-state index contributed by atoms with van der Waals surface area (Å²) >= 11 is 0. The molecule has 0 fully saturated rings. The van der Waals surface area contributed by atoms with Crippen molar-refractivity contribution in [2.75, 3.05) is 17.7 Å². The van der Waals surface area contributed by atoms with Crippen LogP contribution in [0.15, 0.2) is 12.1 Å². The fraction of sp³-hybridized carbons (Fsp3) is 0.429. The van der Waals surface area contributed by atoms with Gasteiger partial charge in [-0.3, -0.25) is 4.79 Å². The Morgan fingerprint density at radius 3 is 2.50 bits per heavy atom. The third-order valence-corrected chi connectivity index (χ3v) is 2.31. The topological polar surface area (TPSA) is 90.6 Å². The van der Waals surface area contributed by atoms with E-state index in [0.717, 1.165) is 0 Å². The van der Waals surface area contributed by atoms with Gasteiger partial charge in [-0.1, -0.05) is 0 Å². The molecule has 110 valence electrons. The summed E-state index contributed by atoms with van der Waals surface area (Å²) in [5.41, 5.74) is 6.78. The van der Waals surface area contributed by atoms with Gasteiger partial charge in [0.25, 0.3) is 0 Å². The van der Waals surface area contributed by atoms with Gasteiger partial charge >= 0.3 is 5.97 Å². The molecule has 20 heavy (non-hydrogen) atoms. The van der Waals surface area contributed by atoms with Gasteiger partial charge in [-0.25, -0.2) is 4.79 Å². The molecule has 0 aliphatic heterocycles. The van der Waals surface area contributed by atoms with Crippen LogP contribution in [0.4, 0.5) is 11.4 Å². The van der Waals surface area contributed by atoms with Crippen molar-refractivity contribution in [3.63, 3.8) is 0 Å². The van der Waals surface area contributed by atoms with Crippen LogP contribution >= 0.6 is 0 Å². The van der Waals surface area contributed by atoms with Gasteiger partial charge in [-0.05, 0) is 32.9 Å². The number of ether oxygens (including phenoxy) is 2. The normalized spacial score (nSPS) is 10.2. The maximum absolute atomic E-state index is 11.7. The first-order valence-corrected chi connectivity index (χ1v) is 6.40. The van der Waals surface area contributed by atoms with Crippen LogP contribution in [0.3, 0.4) is 0 Å². The molecular weight excluding hydrogens is 260 g/mol. The highest BCUT2D eigenvalue weighted by Gasteiger charge is 2.17. The van der Waals surface area contributed by atoms with Gasteiger partial charge < -0.3 is 20.5 Å². The molecule has 0 aliphatic rings. The molecule has 0 bridgehead atoms. The van der Waals surface area contributed by atoms with Gasteiger partial charge in [-0.2, -0.15) is 0 Å². The lowest BCUT2D eigenvalue weighted by atomic mass is 10.1. The van der Waals surface area contributed by atoms with Gasteiger partial charge in [0.15, 0.2) is 0 Å². The predicted molar refractivity (Wildman–Crippen MR) is 76.9 cm³/mol. The first-order valence-electron chi connectivity index (χ1n) is 6.40. The molecule has 1 rings (SSSR count). The Morgan fingerprint density at radius 2 is 2.00 bits per heavy atom. The number of hydrogen-bond acceptors (Lipinski definition) is 5. The third-order valence-electron chi connectivity index (χ3n) is 2.31. The van der Waals surface area contributed by atoms with Crippen LogP contribution in [-0.4, -0.2) is 24.6 Å². The molecule has 6 nitrogen and oxygen atoms in total. The molecule has 3 N–H and O–H groups in total. The lowest BCUT2D eigenvalue weighted by Gasteiger charge is -2.17. The Labute approximate surface area is 118 Å². The number of anilines is 2. The van der Waals surface area contributed by atoms with Crippen molar-refractivity contribution >= 4 is 23.3 Å². The SMILES string of the molecule is CCOC(=O)c1cc(N)c(NC(C)=O)c(OC(C)C)c1. The van der Waals surface area contributed by atoms with E-state index in [2.05, 4.69) is 5.32 Å². The molecule has 0 spiro atoms. The van der Waals surface area contributed by atoms with Gasteiger partial charge in [0.1, 0.15) is 11.4 Å². The second kappa shape index (κ2) is 6.79. The van der Waals surface area contributed by atoms with Crippen molar-refractivity contribution in [1.29, 1.82) is 0 Å². The number of carbonyl (C=O) groups excluding carboxylic acids is 2. The maximum Gasteiger partial charge on any atom is 0.338 e. The van der Waals surface area contributed by atoms with E-state index >= 15 is 0 Å². The van der Waals surface area contributed by atoms with Crippen LogP contribution in [0.1, 0.15) is 38.1 Å². The number of hydrogen-bond donors (Lipinski definition) is 2. The standard InChI is InChI=1S/C14H20N2O4/c1-5-19-14(18)10-6-11(15)13(16-9(4)17)12(7-10)20-8(2)3/h6-8H,5,15H2,1-4H3,(H,16,17). The summed E-state index contributed by atoms with van der Waals surface area (Å²) < 4.78 is 10.5. The molecule has 0 radical (unpaired) electrons. The molecule has 1 aromatic carbocycles. The first-order chi connectivity index (χ1) is 9.35. The molecule has 0 saturated heterocycles. The number of esters is 1. The minimum absolute atomic E-state index is 0.126. The Kier molecular flexibility index (Phi) is 5.37. The van der Waals surface area contributed by atoms with E-state index < -0.39 is 5.97 Å². The number of nitrogens with two attached hydrogens (primary N) is 1. The first kappa shape index (κ1) is 15.8. The molecule has 0 unspecified atom stereocenters. The summed E-state index contributed by atoms with van der Waals surface area (Å²) in [6.07, 6.45) is -0.126. The highest BCUT2D eigenvalue weighted by molar-refractivity contribution is 5.98. The van der Waals surface area contributed by atoms with E-state index in [0.29, 0.717) is 11.4 Å². The highest BCUT2D eigenvalue weighted by atomic mass is 16.5. The molecule has 1 amide bonds. The van der Waals surface area contributed by atoms with Crippen molar-refractivity contribution in [2.45, 2.75) is 33.8 Å². The Hall–Kier alpha value is -2.24. The van der Waals surface area contributed by atoms with Crippen molar-refractivity contribution in [3.05, 3.63) is 17.7 Å². The Bertz CT molecular complexity index is 512. The van der Waals surface area contributed by atoms with Crippen molar-refractivity contribution < 1.29 is 19.1 Å². The van der Waals surface area contributed by atoms with Crippen LogP contribution in [0.2, 0.25) is 0 Å². The van der Waals surface area contributed by atoms with Gasteiger partial charge in [0.05, 0.1) is 24.0 Å². The zero-order chi connectivity index (χ0) is 15.3. The quantitative estimate of drug-likeness (QED) is 0.637. The number of benzene rings is 1. The lowest BCUT2D eigenvalue weighted by Crippen LogP contribution is -2.15. The van der Waals surface area contributed by atoms with E-state index in [4.69, 9.17) is 15.2 Å². The average molecular weight is 280 g/mol. The molecule has 6 heteroatoms. The van der Waals surface area contributed by atoms with Crippen molar-refractivity contribution in [1.82, 2.24) is 0 Å². The molecule has 0 saturated carbocycles. The van der Waals surface area contributed by atoms with Gasteiger partial charge in [-0.15, -0.1) is 0 Å². The van der Waals surface area contributed by atoms with E-state index in [-0.39, 0.29) is 29.9 Å². The lowest BCUT2D eigenvalue weighted by molar-refractivity contribution is -0.114. The van der Waals surface area contributed by atoms with Crippen LogP contribution in [0.25, 0.3) is 0 Å². The summed E-state index contributed by atoms with van der Waals surface area (Å²) in [6, 6.07) is 2.97. The third kappa shape index (κ3) is 4.15. The summed E-state index contributed by atoms with van der Waals surface area (Å²) in [5, 5.41) is 2.60. The Morgan fingerprint density at radius 1 is 1.35 bits per heavy atom. The fourth-order valence-corrected chi connectivity index (χ4v) is 1.63. The molecule has 0 aromatic heterocycles. The number of amides is 1. The van der Waals surface area contributed by atoms with E-state index in [9.17, 15) is 9.59 Å². The monoisotopic (exact) mass is 280 g/mol. The van der Waals surface area contributed by atoms with Crippen LogP contribution in [0, 0.1) is 0 Å². The zero-order valence-corrected chi connectivity index (χ0v) is 12.1. The molecule has 0 atom stereocenters. The molecule has 1 aromatic rings. The minimum atomic E-state index is -0.484. The van der Waals surface area contributed by atoms with Crippen LogP contribution < -0.4 is 15.8 Å². The average Bonchev–Trinajstić information content (AvgIpc) is 2.32. The summed E-state index contributed by atoms with van der Waals surface area (Å²) in [6.45, 7) is 7.04. The van der Waals surface area contributed by atoms with E-state index in [1.54, 1.807) is 6.92 Å². The second-order valence-electron chi connectivity index (χ2n) is 4.51. The largest absolute Gasteiger partial charge is 0.489 e. The van der Waals surface area contributed by atoms with Gasteiger partial charge in [0.2, 0.25) is 5.91 Å². The molecular formula is C14H20N2O4. The smallest absolute Gasteiger partial charge is 0.338 e. The fourth-order valence-electron chi connectivity index (χ4n) is 1.63. The van der Waals surface area contributed by atoms with E-state index in [1.165, 1.54) is 19.1 Å². The number of nitrogens with one attached hydrogen (secondary N) is 1. The van der Waals surface area contributed by atoms with E-state index in [1.807, 2.05) is 13.8 Å². The van der Waals surface area contributed by atoms with Crippen molar-refractivity contribution in [2.24, 2.45) is 0 Å².